The summed E-state index contributed by atoms with van der Waals surface area (Å²) in [5.74, 6) is 0. The predicted octanol–water partition coefficient (Wildman–Crippen LogP) is 1.81. The van der Waals surface area contributed by atoms with Crippen LogP contribution in [0.4, 0.5) is 5.69 Å². The monoisotopic (exact) mass is 165 g/mol. The lowest BCUT2D eigenvalue weighted by Crippen LogP contribution is -2.37. The van der Waals surface area contributed by atoms with E-state index in [1.54, 1.807) is 0 Å². The summed E-state index contributed by atoms with van der Waals surface area (Å²) in [4.78, 5) is 0. The Hall–Kier alpha value is -0.763. The number of nitrogens with two attached hydrogens (primary N) is 1. The van der Waals surface area contributed by atoms with Gasteiger partial charge in [0.05, 0.1) is 8.07 Å². The lowest BCUT2D eigenvalue weighted by Gasteiger charge is -2.16. The van der Waals surface area contributed by atoms with Gasteiger partial charge in [-0.1, -0.05) is 37.0 Å². The van der Waals surface area contributed by atoms with Crippen LogP contribution in [0.1, 0.15) is 0 Å². The smallest absolute Gasteiger partial charge is 0.0776 e. The van der Waals surface area contributed by atoms with E-state index in [-0.39, 0.29) is 0 Å². The van der Waals surface area contributed by atoms with Gasteiger partial charge in [-0.05, 0) is 12.1 Å². The summed E-state index contributed by atoms with van der Waals surface area (Å²) in [5, 5.41) is 1.43. The average Bonchev–Trinajstić information content (AvgIpc) is 1.86. The Bertz CT molecular complexity index is 250. The molecule has 0 aromatic heterocycles. The standard InChI is InChI=1S/C9H15NSi/c1-11(2,3)9-6-4-5-8(10)7-9/h4-7H,10H2,1-3H3. The van der Waals surface area contributed by atoms with Crippen molar-refractivity contribution in [2.24, 2.45) is 0 Å². The third kappa shape index (κ3) is 2.08. The lowest BCUT2D eigenvalue weighted by molar-refractivity contribution is 1.66. The molecule has 1 aromatic rings. The zero-order chi connectivity index (χ0) is 8.48. The molecule has 0 saturated heterocycles. The Balaban J connectivity index is 3.06. The minimum absolute atomic E-state index is 0.880. The van der Waals surface area contributed by atoms with Crippen molar-refractivity contribution < 1.29 is 0 Å². The van der Waals surface area contributed by atoms with Crippen LogP contribution in [0.3, 0.4) is 0 Å². The Morgan fingerprint density at radius 3 is 2.18 bits per heavy atom. The highest BCUT2D eigenvalue weighted by Gasteiger charge is 2.15. The molecule has 0 saturated carbocycles. The van der Waals surface area contributed by atoms with Gasteiger partial charge in [0.2, 0.25) is 0 Å². The van der Waals surface area contributed by atoms with Crippen LogP contribution in [0, 0.1) is 0 Å². The highest BCUT2D eigenvalue weighted by Crippen LogP contribution is 2.05. The van der Waals surface area contributed by atoms with Gasteiger partial charge >= 0.3 is 0 Å². The molecule has 0 heterocycles. The summed E-state index contributed by atoms with van der Waals surface area (Å²) in [6.07, 6.45) is 0. The van der Waals surface area contributed by atoms with Gasteiger partial charge < -0.3 is 5.73 Å². The van der Waals surface area contributed by atoms with Gasteiger partial charge in [-0.15, -0.1) is 0 Å². The van der Waals surface area contributed by atoms with Crippen LogP contribution in [-0.2, 0) is 0 Å². The summed E-state index contributed by atoms with van der Waals surface area (Å²) in [6, 6.07) is 8.22. The number of nitrogen functional groups attached to an aromatic ring is 1. The molecule has 0 radical (unpaired) electrons. The summed E-state index contributed by atoms with van der Waals surface area (Å²) in [5.41, 5.74) is 6.56. The molecule has 2 N–H and O–H groups in total. The largest absolute Gasteiger partial charge is 0.399 e. The summed E-state index contributed by atoms with van der Waals surface area (Å²) in [7, 11) is -1.14. The maximum atomic E-state index is 5.68. The molecule has 0 spiro atoms. The Morgan fingerprint density at radius 1 is 1.18 bits per heavy atom. The van der Waals surface area contributed by atoms with E-state index in [0.717, 1.165) is 5.69 Å². The quantitative estimate of drug-likeness (QED) is 0.498. The molecule has 1 rings (SSSR count). The highest BCUT2D eigenvalue weighted by molar-refractivity contribution is 6.88. The molecule has 0 aliphatic heterocycles. The molecule has 0 atom stereocenters. The Morgan fingerprint density at radius 2 is 1.82 bits per heavy atom. The van der Waals surface area contributed by atoms with Crippen LogP contribution in [0.5, 0.6) is 0 Å². The Kier molecular flexibility index (Phi) is 2.05. The first-order valence-electron chi connectivity index (χ1n) is 3.86. The van der Waals surface area contributed by atoms with Crippen molar-refractivity contribution in [2.45, 2.75) is 19.6 Å². The zero-order valence-corrected chi connectivity index (χ0v) is 8.39. The highest BCUT2D eigenvalue weighted by atomic mass is 28.3. The first-order chi connectivity index (χ1) is 5.00. The maximum Gasteiger partial charge on any atom is 0.0776 e. The van der Waals surface area contributed by atoms with Gasteiger partial charge in [0, 0.05) is 5.69 Å². The van der Waals surface area contributed by atoms with E-state index in [4.69, 9.17) is 5.73 Å². The first-order valence-corrected chi connectivity index (χ1v) is 7.36. The van der Waals surface area contributed by atoms with E-state index in [1.807, 2.05) is 12.1 Å². The van der Waals surface area contributed by atoms with Crippen LogP contribution >= 0.6 is 0 Å². The zero-order valence-electron chi connectivity index (χ0n) is 7.39. The number of rotatable bonds is 1. The van der Waals surface area contributed by atoms with Crippen LogP contribution < -0.4 is 10.9 Å². The first kappa shape index (κ1) is 8.33. The summed E-state index contributed by atoms with van der Waals surface area (Å²) in [6.45, 7) is 6.96. The lowest BCUT2D eigenvalue weighted by atomic mass is 10.3. The van der Waals surface area contributed by atoms with E-state index in [0.29, 0.717) is 0 Å². The van der Waals surface area contributed by atoms with E-state index in [1.165, 1.54) is 5.19 Å². The van der Waals surface area contributed by atoms with Crippen LogP contribution in [-0.4, -0.2) is 8.07 Å². The third-order valence-corrected chi connectivity index (χ3v) is 3.80. The van der Waals surface area contributed by atoms with Gasteiger partial charge in [-0.2, -0.15) is 0 Å². The van der Waals surface area contributed by atoms with Crippen molar-refractivity contribution in [3.05, 3.63) is 24.3 Å². The molecule has 0 aliphatic rings. The van der Waals surface area contributed by atoms with E-state index < -0.39 is 8.07 Å². The molecular weight excluding hydrogens is 150 g/mol. The second kappa shape index (κ2) is 2.70. The average molecular weight is 165 g/mol. The van der Waals surface area contributed by atoms with Gasteiger partial charge in [-0.25, -0.2) is 0 Å². The van der Waals surface area contributed by atoms with Crippen molar-refractivity contribution in [2.75, 3.05) is 5.73 Å². The van der Waals surface area contributed by atoms with Gasteiger partial charge in [-0.3, -0.25) is 0 Å². The van der Waals surface area contributed by atoms with Crippen molar-refractivity contribution in [1.82, 2.24) is 0 Å². The second-order valence-corrected chi connectivity index (χ2v) is 8.95. The molecule has 0 bridgehead atoms. The molecule has 60 valence electrons. The normalized spacial score (nSPS) is 11.5. The van der Waals surface area contributed by atoms with Crippen LogP contribution in [0.25, 0.3) is 0 Å². The number of hydrogen-bond donors (Lipinski definition) is 1. The van der Waals surface area contributed by atoms with Gasteiger partial charge in [0.15, 0.2) is 0 Å². The SMILES string of the molecule is C[Si](C)(C)c1cccc(N)c1. The third-order valence-electron chi connectivity index (χ3n) is 1.75. The molecule has 0 aliphatic carbocycles. The molecule has 0 unspecified atom stereocenters. The fourth-order valence-corrected chi connectivity index (χ4v) is 2.20. The molecule has 0 amide bonds. The Labute approximate surface area is 69.2 Å². The second-order valence-electron chi connectivity index (χ2n) is 3.88. The van der Waals surface area contributed by atoms with Crippen molar-refractivity contribution in [3.63, 3.8) is 0 Å². The molecule has 0 fully saturated rings. The number of anilines is 1. The molecule has 11 heavy (non-hydrogen) atoms. The number of benzene rings is 1. The maximum absolute atomic E-state index is 5.68. The molecule has 1 aromatic carbocycles. The fourth-order valence-electron chi connectivity index (χ4n) is 1.01. The van der Waals surface area contributed by atoms with Crippen molar-refractivity contribution in [3.8, 4) is 0 Å². The van der Waals surface area contributed by atoms with E-state index >= 15 is 0 Å². The minimum atomic E-state index is -1.14. The van der Waals surface area contributed by atoms with Crippen molar-refractivity contribution in [1.29, 1.82) is 0 Å². The van der Waals surface area contributed by atoms with E-state index in [9.17, 15) is 0 Å². The summed E-state index contributed by atoms with van der Waals surface area (Å²) < 4.78 is 0. The fraction of sp³-hybridized carbons (Fsp3) is 0.333. The molecule has 1 nitrogen and oxygen atoms in total. The van der Waals surface area contributed by atoms with Gasteiger partial charge in [0.1, 0.15) is 0 Å². The minimum Gasteiger partial charge on any atom is -0.399 e. The molecule has 2 heteroatoms. The van der Waals surface area contributed by atoms with Crippen LogP contribution in [0.2, 0.25) is 19.6 Å². The van der Waals surface area contributed by atoms with E-state index in [2.05, 4.69) is 31.8 Å². The predicted molar refractivity (Wildman–Crippen MR) is 53.8 cm³/mol. The van der Waals surface area contributed by atoms with Gasteiger partial charge in [0.25, 0.3) is 0 Å². The topological polar surface area (TPSA) is 26.0 Å². The van der Waals surface area contributed by atoms with Crippen LogP contribution in [0.15, 0.2) is 24.3 Å². The summed E-state index contributed by atoms with van der Waals surface area (Å²) >= 11 is 0. The van der Waals surface area contributed by atoms with Crippen molar-refractivity contribution >= 4 is 18.9 Å². The molecular formula is C9H15NSi. The number of hydrogen-bond acceptors (Lipinski definition) is 1.